The Hall–Kier alpha value is -2.47. The quantitative estimate of drug-likeness (QED) is 0.796. The number of hydrogen-bond donors (Lipinski definition) is 1. The third kappa shape index (κ3) is 3.22. The third-order valence-corrected chi connectivity index (χ3v) is 4.87. The molecule has 0 saturated heterocycles. The van der Waals surface area contributed by atoms with Crippen LogP contribution in [-0.4, -0.2) is 30.9 Å². The Bertz CT molecular complexity index is 839. The zero-order valence-corrected chi connectivity index (χ0v) is 14.8. The summed E-state index contributed by atoms with van der Waals surface area (Å²) in [5, 5.41) is 8.24. The lowest BCUT2D eigenvalue weighted by Crippen LogP contribution is -2.12. The van der Waals surface area contributed by atoms with Gasteiger partial charge in [0.05, 0.1) is 5.69 Å². The number of rotatable bonds is 4. The van der Waals surface area contributed by atoms with Crippen LogP contribution in [0.15, 0.2) is 36.8 Å². The lowest BCUT2D eigenvalue weighted by Gasteiger charge is -2.16. The SMILES string of the molecule is Cc1cccnc1C[C@H](C)n1ccnc1-c1cc2n(n1)CCCNC2. The van der Waals surface area contributed by atoms with Gasteiger partial charge in [0, 0.05) is 49.8 Å². The van der Waals surface area contributed by atoms with Gasteiger partial charge >= 0.3 is 0 Å². The van der Waals surface area contributed by atoms with Crippen molar-refractivity contribution in [1.82, 2.24) is 29.6 Å². The fraction of sp³-hybridized carbons (Fsp3) is 0.421. The van der Waals surface area contributed by atoms with Crippen molar-refractivity contribution >= 4 is 0 Å². The summed E-state index contributed by atoms with van der Waals surface area (Å²) in [6.45, 7) is 7.21. The summed E-state index contributed by atoms with van der Waals surface area (Å²) in [6.07, 6.45) is 7.76. The molecule has 6 nitrogen and oxygen atoms in total. The van der Waals surface area contributed by atoms with Crippen LogP contribution < -0.4 is 5.32 Å². The zero-order valence-electron chi connectivity index (χ0n) is 14.8. The molecule has 0 aromatic carbocycles. The molecule has 6 heteroatoms. The number of pyridine rings is 1. The van der Waals surface area contributed by atoms with E-state index < -0.39 is 0 Å². The molecule has 1 N–H and O–H groups in total. The van der Waals surface area contributed by atoms with Crippen LogP contribution in [0, 0.1) is 6.92 Å². The van der Waals surface area contributed by atoms with Crippen molar-refractivity contribution < 1.29 is 0 Å². The van der Waals surface area contributed by atoms with E-state index in [1.165, 1.54) is 11.3 Å². The molecule has 130 valence electrons. The monoisotopic (exact) mass is 336 g/mol. The van der Waals surface area contributed by atoms with Crippen LogP contribution in [0.25, 0.3) is 11.5 Å². The van der Waals surface area contributed by atoms with E-state index in [1.54, 1.807) is 0 Å². The van der Waals surface area contributed by atoms with Gasteiger partial charge in [0.15, 0.2) is 5.82 Å². The van der Waals surface area contributed by atoms with Gasteiger partial charge < -0.3 is 9.88 Å². The smallest absolute Gasteiger partial charge is 0.160 e. The van der Waals surface area contributed by atoms with Gasteiger partial charge in [0.25, 0.3) is 0 Å². The maximum absolute atomic E-state index is 4.80. The van der Waals surface area contributed by atoms with Crippen LogP contribution in [-0.2, 0) is 19.5 Å². The molecule has 3 aromatic rings. The average molecular weight is 336 g/mol. The molecule has 0 unspecified atom stereocenters. The number of nitrogens with zero attached hydrogens (tertiary/aromatic N) is 5. The van der Waals surface area contributed by atoms with Crippen LogP contribution in [0.1, 0.15) is 36.3 Å². The minimum Gasteiger partial charge on any atom is -0.326 e. The molecule has 0 fully saturated rings. The van der Waals surface area contributed by atoms with Crippen molar-refractivity contribution in [2.45, 2.75) is 45.8 Å². The van der Waals surface area contributed by atoms with E-state index in [1.807, 2.05) is 24.7 Å². The van der Waals surface area contributed by atoms with E-state index in [9.17, 15) is 0 Å². The van der Waals surface area contributed by atoms with E-state index in [4.69, 9.17) is 5.10 Å². The van der Waals surface area contributed by atoms with Gasteiger partial charge in [-0.15, -0.1) is 0 Å². The molecule has 3 aromatic heterocycles. The minimum atomic E-state index is 0.269. The molecule has 25 heavy (non-hydrogen) atoms. The van der Waals surface area contributed by atoms with E-state index in [0.29, 0.717) is 0 Å². The fourth-order valence-electron chi connectivity index (χ4n) is 3.45. The third-order valence-electron chi connectivity index (χ3n) is 4.87. The van der Waals surface area contributed by atoms with Gasteiger partial charge in [-0.2, -0.15) is 5.10 Å². The van der Waals surface area contributed by atoms with E-state index in [0.717, 1.165) is 49.7 Å². The van der Waals surface area contributed by atoms with Gasteiger partial charge in [-0.05, 0) is 44.5 Å². The van der Waals surface area contributed by atoms with Crippen LogP contribution in [0.4, 0.5) is 0 Å². The van der Waals surface area contributed by atoms with Crippen molar-refractivity contribution in [2.24, 2.45) is 0 Å². The molecular weight excluding hydrogens is 312 g/mol. The Morgan fingerprint density at radius 1 is 1.28 bits per heavy atom. The van der Waals surface area contributed by atoms with E-state index in [2.05, 4.69) is 50.5 Å². The predicted molar refractivity (Wildman–Crippen MR) is 97.2 cm³/mol. The number of hydrogen-bond acceptors (Lipinski definition) is 4. The molecule has 1 aliphatic rings. The summed E-state index contributed by atoms with van der Waals surface area (Å²) in [5.41, 5.74) is 4.55. The van der Waals surface area contributed by atoms with Crippen molar-refractivity contribution in [1.29, 1.82) is 0 Å². The highest BCUT2D eigenvalue weighted by Gasteiger charge is 2.18. The summed E-state index contributed by atoms with van der Waals surface area (Å²) in [4.78, 5) is 9.12. The molecule has 0 saturated carbocycles. The summed E-state index contributed by atoms with van der Waals surface area (Å²) in [5.74, 6) is 0.932. The fourth-order valence-corrected chi connectivity index (χ4v) is 3.45. The van der Waals surface area contributed by atoms with Gasteiger partial charge in [0.1, 0.15) is 5.69 Å². The lowest BCUT2D eigenvalue weighted by atomic mass is 10.1. The highest BCUT2D eigenvalue weighted by Crippen LogP contribution is 2.24. The highest BCUT2D eigenvalue weighted by molar-refractivity contribution is 5.50. The Labute approximate surface area is 147 Å². The van der Waals surface area contributed by atoms with Crippen LogP contribution in [0.3, 0.4) is 0 Å². The lowest BCUT2D eigenvalue weighted by molar-refractivity contribution is 0.539. The molecule has 1 aliphatic heterocycles. The standard InChI is InChI=1S/C19H24N6/c1-14-5-3-7-21-17(14)11-15(2)24-10-8-22-19(24)18-12-16-13-20-6-4-9-25(16)23-18/h3,5,7-8,10,12,15,20H,4,6,9,11,13H2,1-2H3/t15-/m0/s1. The first kappa shape index (κ1) is 16.0. The molecule has 0 spiro atoms. The first-order valence-electron chi connectivity index (χ1n) is 8.93. The second-order valence-corrected chi connectivity index (χ2v) is 6.75. The average Bonchev–Trinajstić information content (AvgIpc) is 3.19. The molecule has 1 atom stereocenters. The van der Waals surface area contributed by atoms with E-state index >= 15 is 0 Å². The molecule has 4 rings (SSSR count). The first-order chi connectivity index (χ1) is 12.2. The van der Waals surface area contributed by atoms with Crippen molar-refractivity contribution in [2.75, 3.05) is 6.54 Å². The Kier molecular flexibility index (Phi) is 4.36. The Morgan fingerprint density at radius 3 is 3.08 bits per heavy atom. The Balaban J connectivity index is 1.61. The molecule has 0 bridgehead atoms. The summed E-state index contributed by atoms with van der Waals surface area (Å²) in [6, 6.07) is 6.53. The van der Waals surface area contributed by atoms with Gasteiger partial charge in [0.2, 0.25) is 0 Å². The van der Waals surface area contributed by atoms with Crippen molar-refractivity contribution in [3.05, 3.63) is 53.7 Å². The normalized spacial score (nSPS) is 15.6. The van der Waals surface area contributed by atoms with Crippen LogP contribution in [0.5, 0.6) is 0 Å². The largest absolute Gasteiger partial charge is 0.326 e. The number of nitrogens with one attached hydrogen (secondary N) is 1. The first-order valence-corrected chi connectivity index (χ1v) is 8.93. The Morgan fingerprint density at radius 2 is 2.20 bits per heavy atom. The predicted octanol–water partition coefficient (Wildman–Crippen LogP) is 2.75. The van der Waals surface area contributed by atoms with Gasteiger partial charge in [-0.3, -0.25) is 9.67 Å². The number of imidazole rings is 1. The number of aromatic nitrogens is 5. The van der Waals surface area contributed by atoms with Gasteiger partial charge in [-0.1, -0.05) is 6.07 Å². The van der Waals surface area contributed by atoms with E-state index in [-0.39, 0.29) is 6.04 Å². The molecule has 0 aliphatic carbocycles. The van der Waals surface area contributed by atoms with Crippen molar-refractivity contribution in [3.8, 4) is 11.5 Å². The molecule has 0 amide bonds. The second kappa shape index (κ2) is 6.80. The maximum atomic E-state index is 4.80. The van der Waals surface area contributed by atoms with Crippen LogP contribution >= 0.6 is 0 Å². The number of fused-ring (bicyclic) bond motifs is 1. The summed E-state index contributed by atoms with van der Waals surface area (Å²) >= 11 is 0. The zero-order chi connectivity index (χ0) is 17.2. The number of aryl methyl sites for hydroxylation is 2. The molecular formula is C19H24N6. The van der Waals surface area contributed by atoms with Crippen molar-refractivity contribution in [3.63, 3.8) is 0 Å². The van der Waals surface area contributed by atoms with Gasteiger partial charge in [-0.25, -0.2) is 4.98 Å². The molecule has 4 heterocycles. The summed E-state index contributed by atoms with van der Waals surface area (Å²) in [7, 11) is 0. The summed E-state index contributed by atoms with van der Waals surface area (Å²) < 4.78 is 4.33. The second-order valence-electron chi connectivity index (χ2n) is 6.75. The maximum Gasteiger partial charge on any atom is 0.160 e. The highest BCUT2D eigenvalue weighted by atomic mass is 15.3. The van der Waals surface area contributed by atoms with Crippen LogP contribution in [0.2, 0.25) is 0 Å². The topological polar surface area (TPSA) is 60.6 Å². The minimum absolute atomic E-state index is 0.269. The molecule has 0 radical (unpaired) electrons.